The van der Waals surface area contributed by atoms with Gasteiger partial charge in [-0.05, 0) is 18.9 Å². The normalized spacial score (nSPS) is 23.1. The number of amides is 1. The van der Waals surface area contributed by atoms with Crippen LogP contribution in [0.3, 0.4) is 0 Å². The van der Waals surface area contributed by atoms with E-state index in [1.54, 1.807) is 0 Å². The fourth-order valence-corrected chi connectivity index (χ4v) is 2.35. The Hall–Kier alpha value is -1.20. The molecule has 0 radical (unpaired) electrons. The molecule has 2 atom stereocenters. The fourth-order valence-electron chi connectivity index (χ4n) is 2.16. The van der Waals surface area contributed by atoms with Crippen molar-refractivity contribution in [2.24, 2.45) is 5.92 Å². The Bertz CT molecular complexity index is 456. The Morgan fingerprint density at radius 2 is 2.39 bits per heavy atom. The summed E-state index contributed by atoms with van der Waals surface area (Å²) in [6, 6.07) is 1.05. The van der Waals surface area contributed by atoms with Crippen molar-refractivity contribution in [1.29, 1.82) is 0 Å². The number of aliphatic hydroxyl groups is 1. The van der Waals surface area contributed by atoms with Gasteiger partial charge < -0.3 is 10.4 Å². The van der Waals surface area contributed by atoms with E-state index in [1.807, 2.05) is 0 Å². The summed E-state index contributed by atoms with van der Waals surface area (Å²) in [7, 11) is 0. The van der Waals surface area contributed by atoms with Gasteiger partial charge in [0.25, 0.3) is 5.91 Å². The molecule has 1 aliphatic carbocycles. The number of halogens is 2. The lowest BCUT2D eigenvalue weighted by atomic mass is 10.1. The van der Waals surface area contributed by atoms with Crippen LogP contribution in [0.25, 0.3) is 0 Å². The second kappa shape index (κ2) is 5.63. The van der Waals surface area contributed by atoms with E-state index in [0.717, 1.165) is 31.5 Å². The van der Waals surface area contributed by atoms with Crippen LogP contribution in [0.4, 0.5) is 4.39 Å². The van der Waals surface area contributed by atoms with E-state index < -0.39 is 11.7 Å². The van der Waals surface area contributed by atoms with Crippen LogP contribution in [0.1, 0.15) is 29.6 Å². The van der Waals surface area contributed by atoms with Gasteiger partial charge in [0.15, 0.2) is 0 Å². The van der Waals surface area contributed by atoms with Gasteiger partial charge >= 0.3 is 0 Å². The highest BCUT2D eigenvalue weighted by atomic mass is 35.5. The molecule has 98 valence electrons. The highest BCUT2D eigenvalue weighted by molar-refractivity contribution is 6.32. The van der Waals surface area contributed by atoms with Crippen molar-refractivity contribution in [1.82, 2.24) is 10.3 Å². The number of aromatic nitrogens is 1. The number of carbonyl (C=O) groups is 1. The molecule has 0 saturated heterocycles. The number of hydrogen-bond acceptors (Lipinski definition) is 3. The Morgan fingerprint density at radius 3 is 3.06 bits per heavy atom. The molecular weight excluding hydrogens is 259 g/mol. The highest BCUT2D eigenvalue weighted by Gasteiger charge is 2.25. The number of carbonyl (C=O) groups excluding carboxylic acids is 1. The van der Waals surface area contributed by atoms with E-state index in [9.17, 15) is 14.3 Å². The zero-order valence-corrected chi connectivity index (χ0v) is 10.5. The third-order valence-electron chi connectivity index (χ3n) is 3.19. The molecule has 4 nitrogen and oxygen atoms in total. The zero-order valence-electron chi connectivity index (χ0n) is 9.70. The van der Waals surface area contributed by atoms with Crippen molar-refractivity contribution in [3.63, 3.8) is 0 Å². The first-order valence-electron chi connectivity index (χ1n) is 5.85. The number of nitrogens with one attached hydrogen (secondary N) is 1. The lowest BCUT2D eigenvalue weighted by Gasteiger charge is -2.15. The molecule has 1 heterocycles. The smallest absolute Gasteiger partial charge is 0.254 e. The summed E-state index contributed by atoms with van der Waals surface area (Å²) < 4.78 is 13.0. The van der Waals surface area contributed by atoms with E-state index in [2.05, 4.69) is 10.3 Å². The molecule has 1 fully saturated rings. The maximum Gasteiger partial charge on any atom is 0.254 e. The molecule has 2 unspecified atom stereocenters. The monoisotopic (exact) mass is 272 g/mol. The predicted molar refractivity (Wildman–Crippen MR) is 64.9 cm³/mol. The van der Waals surface area contributed by atoms with Gasteiger partial charge in [-0.1, -0.05) is 18.0 Å². The molecule has 1 aliphatic rings. The van der Waals surface area contributed by atoms with Crippen molar-refractivity contribution >= 4 is 17.5 Å². The summed E-state index contributed by atoms with van der Waals surface area (Å²) in [5, 5.41) is 12.2. The molecule has 0 aliphatic heterocycles. The van der Waals surface area contributed by atoms with Crippen LogP contribution < -0.4 is 5.32 Å². The number of rotatable bonds is 3. The summed E-state index contributed by atoms with van der Waals surface area (Å²) in [5.41, 5.74) is 0.0177. The molecule has 0 bridgehead atoms. The molecular formula is C12H14ClFN2O2. The van der Waals surface area contributed by atoms with Crippen LogP contribution in [-0.2, 0) is 0 Å². The second-order valence-electron chi connectivity index (χ2n) is 4.46. The van der Waals surface area contributed by atoms with Gasteiger partial charge in [-0.3, -0.25) is 4.79 Å². The number of nitrogens with zero attached hydrogens (tertiary/aromatic N) is 1. The second-order valence-corrected chi connectivity index (χ2v) is 4.82. The van der Waals surface area contributed by atoms with E-state index in [4.69, 9.17) is 11.6 Å². The number of hydrogen-bond donors (Lipinski definition) is 2. The van der Waals surface area contributed by atoms with Gasteiger partial charge in [0.05, 0.1) is 17.9 Å². The van der Waals surface area contributed by atoms with Crippen LogP contribution >= 0.6 is 11.6 Å². The summed E-state index contributed by atoms with van der Waals surface area (Å²) in [4.78, 5) is 15.4. The molecule has 1 saturated carbocycles. The van der Waals surface area contributed by atoms with Gasteiger partial charge in [-0.2, -0.15) is 0 Å². The molecule has 0 aromatic carbocycles. The van der Waals surface area contributed by atoms with Crippen molar-refractivity contribution in [3.05, 3.63) is 28.8 Å². The van der Waals surface area contributed by atoms with Gasteiger partial charge in [0.2, 0.25) is 0 Å². The lowest BCUT2D eigenvalue weighted by molar-refractivity contribution is 0.0916. The van der Waals surface area contributed by atoms with E-state index >= 15 is 0 Å². The molecule has 1 aromatic heterocycles. The van der Waals surface area contributed by atoms with Gasteiger partial charge in [0.1, 0.15) is 11.0 Å². The molecule has 1 aromatic rings. The topological polar surface area (TPSA) is 62.2 Å². The average Bonchev–Trinajstić information content (AvgIpc) is 2.75. The third kappa shape index (κ3) is 2.97. The third-order valence-corrected chi connectivity index (χ3v) is 3.50. The van der Waals surface area contributed by atoms with Crippen molar-refractivity contribution in [3.8, 4) is 0 Å². The first-order valence-corrected chi connectivity index (χ1v) is 6.23. The SMILES string of the molecule is O=C(NCC1CCCC1O)c1cc(F)cnc1Cl. The number of pyridine rings is 1. The first-order chi connectivity index (χ1) is 8.58. The van der Waals surface area contributed by atoms with Crippen LogP contribution in [0.2, 0.25) is 5.15 Å². The minimum Gasteiger partial charge on any atom is -0.393 e. The standard InChI is InChI=1S/C12H14ClFN2O2/c13-11-9(4-8(14)6-15-11)12(18)16-5-7-2-1-3-10(7)17/h4,6-7,10,17H,1-3,5H2,(H,16,18). The molecule has 1 amide bonds. The Balaban J connectivity index is 1.97. The molecule has 0 spiro atoms. The minimum absolute atomic E-state index is 0.0177. The van der Waals surface area contributed by atoms with Gasteiger partial charge in [-0.15, -0.1) is 0 Å². The van der Waals surface area contributed by atoms with E-state index in [-0.39, 0.29) is 22.7 Å². The average molecular weight is 273 g/mol. The van der Waals surface area contributed by atoms with Crippen molar-refractivity contribution in [2.45, 2.75) is 25.4 Å². The highest BCUT2D eigenvalue weighted by Crippen LogP contribution is 2.24. The van der Waals surface area contributed by atoms with Gasteiger partial charge in [-0.25, -0.2) is 9.37 Å². The molecule has 2 N–H and O–H groups in total. The maximum absolute atomic E-state index is 13.0. The van der Waals surface area contributed by atoms with Crippen LogP contribution in [0.5, 0.6) is 0 Å². The Kier molecular flexibility index (Phi) is 4.14. The molecule has 6 heteroatoms. The predicted octanol–water partition coefficient (Wildman–Crippen LogP) is 1.76. The zero-order chi connectivity index (χ0) is 13.1. The quantitative estimate of drug-likeness (QED) is 0.825. The van der Waals surface area contributed by atoms with E-state index in [0.29, 0.717) is 6.54 Å². The molecule has 2 rings (SSSR count). The Labute approximate surface area is 109 Å². The summed E-state index contributed by atoms with van der Waals surface area (Å²) in [6.45, 7) is 0.368. The minimum atomic E-state index is -0.606. The number of aliphatic hydroxyl groups excluding tert-OH is 1. The fraction of sp³-hybridized carbons (Fsp3) is 0.500. The van der Waals surface area contributed by atoms with E-state index in [1.165, 1.54) is 0 Å². The van der Waals surface area contributed by atoms with Crippen LogP contribution in [0.15, 0.2) is 12.3 Å². The lowest BCUT2D eigenvalue weighted by Crippen LogP contribution is -2.32. The summed E-state index contributed by atoms with van der Waals surface area (Å²) >= 11 is 5.73. The first kappa shape index (κ1) is 13.2. The Morgan fingerprint density at radius 1 is 1.61 bits per heavy atom. The summed E-state index contributed by atoms with van der Waals surface area (Å²) in [6.07, 6.45) is 3.20. The molecule has 18 heavy (non-hydrogen) atoms. The van der Waals surface area contributed by atoms with Gasteiger partial charge in [0, 0.05) is 12.5 Å². The van der Waals surface area contributed by atoms with Crippen molar-refractivity contribution in [2.75, 3.05) is 6.54 Å². The maximum atomic E-state index is 13.0. The largest absolute Gasteiger partial charge is 0.393 e. The van der Waals surface area contributed by atoms with Crippen LogP contribution in [-0.4, -0.2) is 28.6 Å². The van der Waals surface area contributed by atoms with Crippen molar-refractivity contribution < 1.29 is 14.3 Å². The van der Waals surface area contributed by atoms with Crippen LogP contribution in [0, 0.1) is 11.7 Å². The summed E-state index contributed by atoms with van der Waals surface area (Å²) in [5.74, 6) is -1.01.